The number of hydrogen-bond acceptors (Lipinski definition) is 3. The van der Waals surface area contributed by atoms with Gasteiger partial charge >= 0.3 is 5.97 Å². The molecule has 0 bridgehead atoms. The highest BCUT2D eigenvalue weighted by atomic mass is 16.6. The van der Waals surface area contributed by atoms with Gasteiger partial charge in [0, 0.05) is 11.3 Å². The summed E-state index contributed by atoms with van der Waals surface area (Å²) in [6, 6.07) is 15.2. The summed E-state index contributed by atoms with van der Waals surface area (Å²) in [6.45, 7) is 4.12. The van der Waals surface area contributed by atoms with Crippen molar-refractivity contribution in [3.63, 3.8) is 0 Å². The molecule has 19 heavy (non-hydrogen) atoms. The molecule has 0 spiro atoms. The van der Waals surface area contributed by atoms with Gasteiger partial charge in [0.05, 0.1) is 0 Å². The number of hydrogen-bond donors (Lipinski definition) is 1. The summed E-state index contributed by atoms with van der Waals surface area (Å²) in [5, 5.41) is 3.22. The van der Waals surface area contributed by atoms with E-state index in [4.69, 9.17) is 4.74 Å². The SMILES string of the molecule is Cc1ccc(N[C@H]2OC(=O)c3c#cccc32)cc1C. The first-order valence-corrected chi connectivity index (χ1v) is 6.12. The number of esters is 1. The van der Waals surface area contributed by atoms with E-state index in [1.54, 1.807) is 6.07 Å². The molecular weight excluding hydrogens is 238 g/mol. The molecule has 1 aliphatic heterocycles. The fourth-order valence-electron chi connectivity index (χ4n) is 2.11. The van der Waals surface area contributed by atoms with Crippen molar-refractivity contribution in [2.24, 2.45) is 0 Å². The summed E-state index contributed by atoms with van der Waals surface area (Å²) in [4.78, 5) is 11.7. The lowest BCUT2D eigenvalue weighted by atomic mass is 10.1. The molecule has 3 heteroatoms. The summed E-state index contributed by atoms with van der Waals surface area (Å²) < 4.78 is 5.30. The molecule has 0 unspecified atom stereocenters. The molecule has 2 aromatic carbocycles. The van der Waals surface area contributed by atoms with E-state index in [1.165, 1.54) is 11.1 Å². The Morgan fingerprint density at radius 1 is 1.21 bits per heavy atom. The zero-order chi connectivity index (χ0) is 13.4. The molecule has 0 fully saturated rings. The van der Waals surface area contributed by atoms with E-state index in [1.807, 2.05) is 24.3 Å². The van der Waals surface area contributed by atoms with Crippen molar-refractivity contribution >= 4 is 11.7 Å². The number of rotatable bonds is 2. The first-order chi connectivity index (χ1) is 9.15. The average Bonchev–Trinajstić information content (AvgIpc) is 2.72. The van der Waals surface area contributed by atoms with Crippen LogP contribution >= 0.6 is 0 Å². The molecule has 2 aromatic rings. The molecule has 3 rings (SSSR count). The van der Waals surface area contributed by atoms with Crippen molar-refractivity contribution in [3.8, 4) is 0 Å². The summed E-state index contributed by atoms with van der Waals surface area (Å²) in [7, 11) is 0. The molecule has 3 nitrogen and oxygen atoms in total. The Kier molecular flexibility index (Phi) is 2.64. The highest BCUT2D eigenvalue weighted by Crippen LogP contribution is 2.30. The molecule has 0 saturated carbocycles. The maximum atomic E-state index is 11.7. The predicted molar refractivity (Wildman–Crippen MR) is 71.8 cm³/mol. The van der Waals surface area contributed by atoms with E-state index in [0.717, 1.165) is 11.3 Å². The Labute approximate surface area is 112 Å². The molecule has 1 N–H and O–H groups in total. The van der Waals surface area contributed by atoms with Crippen LogP contribution in [0.15, 0.2) is 30.3 Å². The number of aryl methyl sites for hydroxylation is 2. The van der Waals surface area contributed by atoms with Crippen LogP contribution in [0.25, 0.3) is 0 Å². The molecule has 94 valence electrons. The minimum Gasteiger partial charge on any atom is -0.433 e. The normalized spacial score (nSPS) is 16.5. The summed E-state index contributed by atoms with van der Waals surface area (Å²) in [5.41, 5.74) is 4.63. The van der Waals surface area contributed by atoms with Gasteiger partial charge in [0.1, 0.15) is 5.56 Å². The fourth-order valence-corrected chi connectivity index (χ4v) is 2.11. The number of cyclic esters (lactones) is 1. The maximum Gasteiger partial charge on any atom is 0.349 e. The van der Waals surface area contributed by atoms with Crippen molar-refractivity contribution in [1.29, 1.82) is 0 Å². The monoisotopic (exact) mass is 251 g/mol. The summed E-state index contributed by atoms with van der Waals surface area (Å²) >= 11 is 0. The summed E-state index contributed by atoms with van der Waals surface area (Å²) in [5.74, 6) is -0.354. The predicted octanol–water partition coefficient (Wildman–Crippen LogP) is 3.18. The van der Waals surface area contributed by atoms with E-state index < -0.39 is 6.23 Å². The highest BCUT2D eigenvalue weighted by Gasteiger charge is 2.30. The zero-order valence-electron chi connectivity index (χ0n) is 10.8. The van der Waals surface area contributed by atoms with Crippen LogP contribution in [0.3, 0.4) is 0 Å². The third kappa shape index (κ3) is 2.02. The molecule has 1 aliphatic rings. The third-order valence-corrected chi connectivity index (χ3v) is 3.35. The Balaban J connectivity index is 1.89. The van der Waals surface area contributed by atoms with Crippen LogP contribution < -0.4 is 5.32 Å². The Bertz CT molecular complexity index is 649. The standard InChI is InChI=1S/C16H13NO2/c1-10-7-8-12(9-11(10)2)17-15-13-5-3-4-6-14(13)16(18)19-15/h3,5,7-9,15,17H,1-2H3/t15-/m0/s1. The second-order valence-corrected chi connectivity index (χ2v) is 4.66. The molecule has 0 amide bonds. The van der Waals surface area contributed by atoms with Crippen LogP contribution in [-0.2, 0) is 4.74 Å². The van der Waals surface area contributed by atoms with Crippen LogP contribution in [0.2, 0.25) is 0 Å². The number of nitrogens with one attached hydrogen (secondary N) is 1. The van der Waals surface area contributed by atoms with E-state index in [2.05, 4.69) is 31.3 Å². The Morgan fingerprint density at radius 3 is 2.84 bits per heavy atom. The van der Waals surface area contributed by atoms with E-state index in [0.29, 0.717) is 5.56 Å². The molecule has 0 radical (unpaired) electrons. The minimum absolute atomic E-state index is 0.354. The molecule has 0 aromatic heterocycles. The quantitative estimate of drug-likeness (QED) is 0.833. The Morgan fingerprint density at radius 2 is 2.05 bits per heavy atom. The topological polar surface area (TPSA) is 38.3 Å². The molecule has 1 atom stereocenters. The van der Waals surface area contributed by atoms with Crippen molar-refractivity contribution in [1.82, 2.24) is 0 Å². The first kappa shape index (κ1) is 11.6. The van der Waals surface area contributed by atoms with Crippen LogP contribution in [-0.4, -0.2) is 5.97 Å². The van der Waals surface area contributed by atoms with E-state index in [9.17, 15) is 4.79 Å². The first-order valence-electron chi connectivity index (χ1n) is 6.12. The molecule has 1 heterocycles. The van der Waals surface area contributed by atoms with Crippen molar-refractivity contribution < 1.29 is 9.53 Å². The number of anilines is 1. The molecule has 0 aliphatic carbocycles. The maximum absolute atomic E-state index is 11.7. The fraction of sp³-hybridized carbons (Fsp3) is 0.188. The molecule has 0 saturated heterocycles. The highest BCUT2D eigenvalue weighted by molar-refractivity contribution is 5.93. The second-order valence-electron chi connectivity index (χ2n) is 4.66. The number of ether oxygens (including phenoxy) is 1. The number of carbonyl (C=O) groups excluding carboxylic acids is 1. The van der Waals surface area contributed by atoms with Crippen molar-refractivity contribution in [2.45, 2.75) is 20.1 Å². The Hall–Kier alpha value is -2.47. The van der Waals surface area contributed by atoms with Crippen molar-refractivity contribution in [3.05, 3.63) is 64.7 Å². The van der Waals surface area contributed by atoms with Crippen LogP contribution in [0.1, 0.15) is 33.3 Å². The lowest BCUT2D eigenvalue weighted by Gasteiger charge is -2.15. The van der Waals surface area contributed by atoms with Gasteiger partial charge in [0.25, 0.3) is 0 Å². The van der Waals surface area contributed by atoms with E-state index in [-0.39, 0.29) is 5.97 Å². The van der Waals surface area contributed by atoms with E-state index >= 15 is 0 Å². The van der Waals surface area contributed by atoms with Crippen LogP contribution in [0.4, 0.5) is 5.69 Å². The van der Waals surface area contributed by atoms with Crippen molar-refractivity contribution in [2.75, 3.05) is 5.32 Å². The zero-order valence-corrected chi connectivity index (χ0v) is 10.8. The number of benzene rings is 1. The summed E-state index contributed by atoms with van der Waals surface area (Å²) in [6.07, 6.45) is -0.449. The van der Waals surface area contributed by atoms with Gasteiger partial charge in [0.2, 0.25) is 6.23 Å². The smallest absolute Gasteiger partial charge is 0.349 e. The number of fused-ring (bicyclic) bond motifs is 1. The van der Waals surface area contributed by atoms with Gasteiger partial charge in [-0.05, 0) is 49.2 Å². The second kappa shape index (κ2) is 4.33. The van der Waals surface area contributed by atoms with Gasteiger partial charge in [-0.15, -0.1) is 0 Å². The third-order valence-electron chi connectivity index (χ3n) is 3.35. The van der Waals surface area contributed by atoms with Gasteiger partial charge < -0.3 is 10.1 Å². The van der Waals surface area contributed by atoms with Gasteiger partial charge in [-0.25, -0.2) is 4.79 Å². The number of carbonyl (C=O) groups is 1. The van der Waals surface area contributed by atoms with Gasteiger partial charge in [0.15, 0.2) is 0 Å². The lowest BCUT2D eigenvalue weighted by molar-refractivity contribution is 0.0437. The minimum atomic E-state index is -0.449. The average molecular weight is 251 g/mol. The van der Waals surface area contributed by atoms with Crippen LogP contribution in [0.5, 0.6) is 0 Å². The van der Waals surface area contributed by atoms with Gasteiger partial charge in [-0.2, -0.15) is 0 Å². The molecular formula is C16H13NO2. The largest absolute Gasteiger partial charge is 0.433 e. The van der Waals surface area contributed by atoms with Gasteiger partial charge in [-0.1, -0.05) is 18.2 Å². The van der Waals surface area contributed by atoms with Crippen LogP contribution in [0, 0.1) is 26.0 Å². The van der Waals surface area contributed by atoms with Gasteiger partial charge in [-0.3, -0.25) is 0 Å². The lowest BCUT2D eigenvalue weighted by Crippen LogP contribution is -2.10.